The summed E-state index contributed by atoms with van der Waals surface area (Å²) in [7, 11) is 1.75. The number of aromatic nitrogens is 2. The third kappa shape index (κ3) is 2.44. The van der Waals surface area contributed by atoms with Gasteiger partial charge in [-0.2, -0.15) is 0 Å². The second-order valence-corrected chi connectivity index (χ2v) is 5.06. The topological polar surface area (TPSA) is 39.1 Å². The molecule has 0 aliphatic carbocycles. The van der Waals surface area contributed by atoms with Crippen LogP contribution in [0.4, 0.5) is 0 Å². The fraction of sp³-hybridized carbons (Fsp3) is 0.750. The van der Waals surface area contributed by atoms with Gasteiger partial charge in [-0.1, -0.05) is 0 Å². The van der Waals surface area contributed by atoms with Crippen molar-refractivity contribution in [2.75, 3.05) is 13.7 Å². The Labute approximate surface area is 97.0 Å². The number of hydrogen-bond acceptors (Lipinski definition) is 3. The van der Waals surface area contributed by atoms with E-state index in [-0.39, 0.29) is 5.60 Å². The zero-order chi connectivity index (χ0) is 11.6. The van der Waals surface area contributed by atoms with Gasteiger partial charge in [0.25, 0.3) is 0 Å². The van der Waals surface area contributed by atoms with Gasteiger partial charge >= 0.3 is 0 Å². The van der Waals surface area contributed by atoms with Crippen molar-refractivity contribution in [3.05, 3.63) is 18.2 Å². The van der Waals surface area contributed by atoms with Crippen LogP contribution in [0.3, 0.4) is 0 Å². The van der Waals surface area contributed by atoms with Gasteiger partial charge < -0.3 is 14.6 Å². The van der Waals surface area contributed by atoms with Crippen LogP contribution in [0, 0.1) is 0 Å². The minimum atomic E-state index is -0.145. The molecule has 1 fully saturated rings. The van der Waals surface area contributed by atoms with Gasteiger partial charge in [0.1, 0.15) is 0 Å². The summed E-state index contributed by atoms with van der Waals surface area (Å²) in [5.41, 5.74) is 1.14. The fourth-order valence-electron chi connectivity index (χ4n) is 2.17. The van der Waals surface area contributed by atoms with Crippen molar-refractivity contribution in [2.45, 2.75) is 44.9 Å². The fourth-order valence-corrected chi connectivity index (χ4v) is 2.17. The summed E-state index contributed by atoms with van der Waals surface area (Å²) in [6.07, 6.45) is 6.33. The van der Waals surface area contributed by atoms with Crippen LogP contribution in [-0.4, -0.2) is 28.8 Å². The van der Waals surface area contributed by atoms with Gasteiger partial charge in [0.05, 0.1) is 24.2 Å². The van der Waals surface area contributed by atoms with Crippen molar-refractivity contribution in [1.82, 2.24) is 14.9 Å². The maximum absolute atomic E-state index is 5.46. The molecular formula is C12H21N3O. The molecule has 4 nitrogen and oxygen atoms in total. The number of rotatable bonds is 4. The van der Waals surface area contributed by atoms with Crippen LogP contribution in [0.2, 0.25) is 0 Å². The van der Waals surface area contributed by atoms with E-state index in [1.54, 1.807) is 7.11 Å². The predicted octanol–water partition coefficient (Wildman–Crippen LogP) is 1.73. The number of nitrogens with one attached hydrogen (secondary N) is 1. The maximum atomic E-state index is 5.46. The molecule has 16 heavy (non-hydrogen) atoms. The lowest BCUT2D eigenvalue weighted by Gasteiger charge is -2.25. The first-order valence-corrected chi connectivity index (χ1v) is 5.91. The summed E-state index contributed by atoms with van der Waals surface area (Å²) >= 11 is 0. The van der Waals surface area contributed by atoms with Crippen molar-refractivity contribution in [1.29, 1.82) is 0 Å². The van der Waals surface area contributed by atoms with Gasteiger partial charge in [0.2, 0.25) is 0 Å². The van der Waals surface area contributed by atoms with E-state index in [1.807, 2.05) is 12.5 Å². The molecular weight excluding hydrogens is 202 g/mol. The van der Waals surface area contributed by atoms with E-state index >= 15 is 0 Å². The molecule has 0 bridgehead atoms. The van der Waals surface area contributed by atoms with Gasteiger partial charge in [-0.05, 0) is 33.2 Å². The molecule has 1 aromatic heterocycles. The Bertz CT molecular complexity index is 340. The average Bonchev–Trinajstić information content (AvgIpc) is 2.86. The van der Waals surface area contributed by atoms with E-state index in [0.717, 1.165) is 13.1 Å². The Morgan fingerprint density at radius 3 is 3.06 bits per heavy atom. The Morgan fingerprint density at radius 1 is 1.62 bits per heavy atom. The molecule has 0 aromatic carbocycles. The average molecular weight is 223 g/mol. The molecule has 0 spiro atoms. The smallest absolute Gasteiger partial charge is 0.0949 e. The lowest BCUT2D eigenvalue weighted by Crippen LogP contribution is -2.30. The molecule has 2 heterocycles. The molecule has 90 valence electrons. The van der Waals surface area contributed by atoms with Gasteiger partial charge in [0.15, 0.2) is 0 Å². The van der Waals surface area contributed by atoms with Gasteiger partial charge in [-0.25, -0.2) is 4.98 Å². The normalized spacial score (nSPS) is 21.6. The third-order valence-electron chi connectivity index (χ3n) is 3.27. The molecule has 2 rings (SSSR count). The Morgan fingerprint density at radius 2 is 2.44 bits per heavy atom. The molecule has 0 amide bonds. The molecule has 1 aliphatic rings. The molecule has 1 atom stereocenters. The monoisotopic (exact) mass is 223 g/mol. The van der Waals surface area contributed by atoms with E-state index in [4.69, 9.17) is 4.74 Å². The molecule has 1 aliphatic heterocycles. The number of hydrogen-bond donors (Lipinski definition) is 1. The Balaban J connectivity index is 2.12. The second-order valence-electron chi connectivity index (χ2n) is 5.06. The molecule has 0 radical (unpaired) electrons. The van der Waals surface area contributed by atoms with E-state index in [1.165, 1.54) is 18.5 Å². The molecule has 1 aromatic rings. The Kier molecular flexibility index (Phi) is 3.30. The van der Waals surface area contributed by atoms with Crippen LogP contribution in [-0.2, 0) is 11.3 Å². The summed E-state index contributed by atoms with van der Waals surface area (Å²) in [5, 5.41) is 3.50. The number of nitrogens with zero attached hydrogens (tertiary/aromatic N) is 2. The van der Waals surface area contributed by atoms with Gasteiger partial charge in [-0.15, -0.1) is 0 Å². The minimum absolute atomic E-state index is 0.145. The maximum Gasteiger partial charge on any atom is 0.0949 e. The molecule has 1 N–H and O–H groups in total. The van der Waals surface area contributed by atoms with Gasteiger partial charge in [-0.3, -0.25) is 0 Å². The van der Waals surface area contributed by atoms with Crippen molar-refractivity contribution in [2.24, 2.45) is 0 Å². The van der Waals surface area contributed by atoms with Crippen molar-refractivity contribution in [3.8, 4) is 0 Å². The van der Waals surface area contributed by atoms with E-state index < -0.39 is 0 Å². The first-order valence-electron chi connectivity index (χ1n) is 5.91. The van der Waals surface area contributed by atoms with E-state index in [2.05, 4.69) is 28.7 Å². The van der Waals surface area contributed by atoms with Crippen LogP contribution in [0.25, 0.3) is 0 Å². The van der Waals surface area contributed by atoms with Crippen LogP contribution < -0.4 is 5.32 Å². The van der Waals surface area contributed by atoms with Crippen molar-refractivity contribution >= 4 is 0 Å². The highest BCUT2D eigenvalue weighted by Crippen LogP contribution is 2.24. The lowest BCUT2D eigenvalue weighted by atomic mass is 10.1. The molecule has 4 heteroatoms. The first kappa shape index (κ1) is 11.6. The minimum Gasteiger partial charge on any atom is -0.377 e. The summed E-state index contributed by atoms with van der Waals surface area (Å²) in [4.78, 5) is 4.25. The van der Waals surface area contributed by atoms with E-state index in [0.29, 0.717) is 6.04 Å². The SMILES string of the molecule is COC(C)(C)Cn1cncc1[C@@H]1CCCN1. The molecule has 0 saturated carbocycles. The first-order chi connectivity index (χ1) is 7.62. The van der Waals surface area contributed by atoms with E-state index in [9.17, 15) is 0 Å². The quantitative estimate of drug-likeness (QED) is 0.845. The third-order valence-corrected chi connectivity index (χ3v) is 3.27. The summed E-state index contributed by atoms with van der Waals surface area (Å²) < 4.78 is 7.66. The number of methoxy groups -OCH3 is 1. The standard InChI is InChI=1S/C12H21N3O/c1-12(2,16-3)8-15-9-13-7-11(15)10-5-4-6-14-10/h7,9-10,14H,4-6,8H2,1-3H3/t10-/m0/s1. The molecule has 0 unspecified atom stereocenters. The van der Waals surface area contributed by atoms with Crippen molar-refractivity contribution in [3.63, 3.8) is 0 Å². The van der Waals surface area contributed by atoms with Crippen LogP contribution in [0.1, 0.15) is 38.4 Å². The summed E-state index contributed by atoms with van der Waals surface area (Å²) in [6.45, 7) is 6.15. The van der Waals surface area contributed by atoms with Crippen LogP contribution >= 0.6 is 0 Å². The van der Waals surface area contributed by atoms with Crippen LogP contribution in [0.15, 0.2) is 12.5 Å². The molecule has 1 saturated heterocycles. The Hall–Kier alpha value is -0.870. The predicted molar refractivity (Wildman–Crippen MR) is 63.3 cm³/mol. The second kappa shape index (κ2) is 4.55. The number of ether oxygens (including phenoxy) is 1. The highest BCUT2D eigenvalue weighted by atomic mass is 16.5. The van der Waals surface area contributed by atoms with Crippen molar-refractivity contribution < 1.29 is 4.74 Å². The summed E-state index contributed by atoms with van der Waals surface area (Å²) in [5.74, 6) is 0. The lowest BCUT2D eigenvalue weighted by molar-refractivity contribution is 0.00733. The number of imidazole rings is 1. The zero-order valence-corrected chi connectivity index (χ0v) is 10.4. The van der Waals surface area contributed by atoms with Gasteiger partial charge in [0, 0.05) is 19.3 Å². The zero-order valence-electron chi connectivity index (χ0n) is 10.4. The highest BCUT2D eigenvalue weighted by molar-refractivity contribution is 5.07. The summed E-state index contributed by atoms with van der Waals surface area (Å²) in [6, 6.07) is 0.468. The largest absolute Gasteiger partial charge is 0.377 e. The highest BCUT2D eigenvalue weighted by Gasteiger charge is 2.23. The van der Waals surface area contributed by atoms with Crippen LogP contribution in [0.5, 0.6) is 0 Å².